The first-order valence-electron chi connectivity index (χ1n) is 9.82. The molecule has 1 aromatic carbocycles. The summed E-state index contributed by atoms with van der Waals surface area (Å²) in [5.41, 5.74) is -0.392. The van der Waals surface area contributed by atoms with Gasteiger partial charge in [-0.1, -0.05) is 0 Å². The fourth-order valence-electron chi connectivity index (χ4n) is 4.52. The van der Waals surface area contributed by atoms with Crippen molar-refractivity contribution in [2.24, 2.45) is 11.8 Å². The van der Waals surface area contributed by atoms with Gasteiger partial charge in [0, 0.05) is 19.0 Å². The second-order valence-corrected chi connectivity index (χ2v) is 8.24. The third-order valence-corrected chi connectivity index (χ3v) is 6.29. The number of carbonyl (C=O) groups excluding carboxylic acids is 2. The Balaban J connectivity index is 1.28. The molecular formula is C20H23F3N2O4. The SMILES string of the molecule is CC(Oc1c(F)ccc(F)c1F)C1CCN(C(=O)[C@H]2C[C@]3(COC(=O)N3)C2)CC1. The number of amides is 2. The molecule has 2 aliphatic heterocycles. The maximum atomic E-state index is 13.8. The Bertz CT molecular complexity index is 820. The van der Waals surface area contributed by atoms with Gasteiger partial charge in [0.2, 0.25) is 11.7 Å². The number of hydrogen-bond donors (Lipinski definition) is 1. The Morgan fingerprint density at radius 2 is 1.90 bits per heavy atom. The first-order chi connectivity index (χ1) is 13.8. The largest absolute Gasteiger partial charge is 0.484 e. The third-order valence-electron chi connectivity index (χ3n) is 6.29. The molecule has 29 heavy (non-hydrogen) atoms. The van der Waals surface area contributed by atoms with Gasteiger partial charge in [-0.25, -0.2) is 13.6 Å². The van der Waals surface area contributed by atoms with Crippen LogP contribution >= 0.6 is 0 Å². The van der Waals surface area contributed by atoms with Crippen LogP contribution < -0.4 is 10.1 Å². The number of halogens is 3. The lowest BCUT2D eigenvalue weighted by atomic mass is 9.68. The van der Waals surface area contributed by atoms with E-state index in [9.17, 15) is 22.8 Å². The number of alkyl carbamates (subject to hydrolysis) is 1. The molecule has 2 amide bonds. The van der Waals surface area contributed by atoms with Gasteiger partial charge in [0.05, 0.1) is 11.6 Å². The lowest BCUT2D eigenvalue weighted by Gasteiger charge is -2.45. The number of nitrogens with zero attached hydrogens (tertiary/aromatic N) is 1. The van der Waals surface area contributed by atoms with Gasteiger partial charge >= 0.3 is 6.09 Å². The average Bonchev–Trinajstić information content (AvgIpc) is 3.09. The molecule has 3 aliphatic rings. The minimum absolute atomic E-state index is 0.00336. The van der Waals surface area contributed by atoms with E-state index in [4.69, 9.17) is 9.47 Å². The molecule has 2 heterocycles. The van der Waals surface area contributed by atoms with Gasteiger partial charge in [0.25, 0.3) is 0 Å². The van der Waals surface area contributed by atoms with E-state index in [1.807, 2.05) is 0 Å². The average molecular weight is 412 g/mol. The minimum Gasteiger partial charge on any atom is -0.484 e. The second-order valence-electron chi connectivity index (χ2n) is 8.24. The van der Waals surface area contributed by atoms with Crippen LogP contribution in [0.15, 0.2) is 12.1 Å². The highest BCUT2D eigenvalue weighted by molar-refractivity contribution is 5.81. The number of piperidine rings is 1. The molecule has 1 aliphatic carbocycles. The zero-order valence-corrected chi connectivity index (χ0v) is 16.1. The molecule has 1 unspecified atom stereocenters. The highest BCUT2D eigenvalue weighted by atomic mass is 19.2. The van der Waals surface area contributed by atoms with E-state index in [-0.39, 0.29) is 17.7 Å². The summed E-state index contributed by atoms with van der Waals surface area (Å²) < 4.78 is 51.3. The minimum atomic E-state index is -1.33. The summed E-state index contributed by atoms with van der Waals surface area (Å²) in [5, 5.41) is 2.78. The van der Waals surface area contributed by atoms with E-state index in [0.29, 0.717) is 45.4 Å². The van der Waals surface area contributed by atoms with Crippen molar-refractivity contribution in [3.05, 3.63) is 29.6 Å². The van der Waals surface area contributed by atoms with Crippen LogP contribution in [0.25, 0.3) is 0 Å². The van der Waals surface area contributed by atoms with Crippen molar-refractivity contribution in [2.45, 2.75) is 44.2 Å². The summed E-state index contributed by atoms with van der Waals surface area (Å²) in [7, 11) is 0. The van der Waals surface area contributed by atoms with Crippen LogP contribution in [0.3, 0.4) is 0 Å². The van der Waals surface area contributed by atoms with E-state index in [2.05, 4.69) is 5.32 Å². The molecule has 0 bridgehead atoms. The van der Waals surface area contributed by atoms with E-state index in [1.165, 1.54) is 0 Å². The van der Waals surface area contributed by atoms with E-state index in [0.717, 1.165) is 12.1 Å². The van der Waals surface area contributed by atoms with Crippen molar-refractivity contribution < 1.29 is 32.2 Å². The van der Waals surface area contributed by atoms with Crippen LogP contribution in [0.1, 0.15) is 32.6 Å². The first kappa shape index (κ1) is 19.8. The van der Waals surface area contributed by atoms with Gasteiger partial charge in [0.15, 0.2) is 17.4 Å². The molecule has 2 saturated heterocycles. The highest BCUT2D eigenvalue weighted by Crippen LogP contribution is 2.42. The summed E-state index contributed by atoms with van der Waals surface area (Å²) in [6.45, 7) is 3.06. The molecule has 9 heteroatoms. The van der Waals surface area contributed by atoms with Crippen molar-refractivity contribution >= 4 is 12.0 Å². The number of nitrogens with one attached hydrogen (secondary N) is 1. The lowest BCUT2D eigenvalue weighted by Crippen LogP contribution is -2.58. The summed E-state index contributed by atoms with van der Waals surface area (Å²) in [6, 6.07) is 1.56. The Labute approximate surface area is 166 Å². The Morgan fingerprint density at radius 3 is 2.52 bits per heavy atom. The smallest absolute Gasteiger partial charge is 0.407 e. The summed E-state index contributed by atoms with van der Waals surface area (Å²) in [6.07, 6.45) is 1.46. The van der Waals surface area contributed by atoms with Crippen molar-refractivity contribution in [3.8, 4) is 5.75 Å². The van der Waals surface area contributed by atoms with Gasteiger partial charge in [-0.2, -0.15) is 4.39 Å². The molecule has 6 nitrogen and oxygen atoms in total. The van der Waals surface area contributed by atoms with E-state index < -0.39 is 40.9 Å². The number of likely N-dealkylation sites (tertiary alicyclic amines) is 1. The zero-order chi connectivity index (χ0) is 20.8. The number of rotatable bonds is 4. The normalized spacial score (nSPS) is 27.9. The fraction of sp³-hybridized carbons (Fsp3) is 0.600. The van der Waals surface area contributed by atoms with Crippen LogP contribution in [0.2, 0.25) is 0 Å². The van der Waals surface area contributed by atoms with E-state index in [1.54, 1.807) is 11.8 Å². The molecule has 4 rings (SSSR count). The van der Waals surface area contributed by atoms with Crippen molar-refractivity contribution in [1.29, 1.82) is 0 Å². The topological polar surface area (TPSA) is 67.9 Å². The molecule has 1 aromatic rings. The molecule has 1 saturated carbocycles. The maximum absolute atomic E-state index is 13.8. The molecule has 0 radical (unpaired) electrons. The summed E-state index contributed by atoms with van der Waals surface area (Å²) in [5.74, 6) is -4.19. The highest BCUT2D eigenvalue weighted by Gasteiger charge is 2.53. The maximum Gasteiger partial charge on any atom is 0.407 e. The predicted molar refractivity (Wildman–Crippen MR) is 95.6 cm³/mol. The lowest BCUT2D eigenvalue weighted by molar-refractivity contribution is -0.143. The van der Waals surface area contributed by atoms with Crippen LogP contribution in [0.4, 0.5) is 18.0 Å². The molecule has 1 N–H and O–H groups in total. The monoisotopic (exact) mass is 412 g/mol. The number of carbonyl (C=O) groups is 2. The third kappa shape index (κ3) is 3.74. The van der Waals surface area contributed by atoms with Crippen LogP contribution in [0.5, 0.6) is 5.75 Å². The standard InChI is InChI=1S/C20H23F3N2O4/c1-11(29-17-15(22)3-2-14(21)16(17)23)12-4-6-25(7-5-12)18(26)13-8-20(9-13)10-28-19(27)24-20/h2-3,11-13H,4-10H2,1H3,(H,24,27)/t11?,13-,20+. The first-order valence-corrected chi connectivity index (χ1v) is 9.82. The molecule has 1 atom stereocenters. The molecular weight excluding hydrogens is 389 g/mol. The van der Waals surface area contributed by atoms with Gasteiger partial charge < -0.3 is 19.7 Å². The predicted octanol–water partition coefficient (Wildman–Crippen LogP) is 3.00. The number of cyclic esters (lactones) is 1. The quantitative estimate of drug-likeness (QED) is 0.772. The van der Waals surface area contributed by atoms with Crippen LogP contribution in [-0.2, 0) is 9.53 Å². The van der Waals surface area contributed by atoms with Crippen LogP contribution in [-0.4, -0.2) is 48.2 Å². The fourth-order valence-corrected chi connectivity index (χ4v) is 4.52. The van der Waals surface area contributed by atoms with Gasteiger partial charge in [-0.05, 0) is 50.7 Å². The number of benzene rings is 1. The molecule has 158 valence electrons. The van der Waals surface area contributed by atoms with Crippen molar-refractivity contribution in [3.63, 3.8) is 0 Å². The number of ether oxygens (including phenoxy) is 2. The molecule has 3 fully saturated rings. The Morgan fingerprint density at radius 1 is 1.24 bits per heavy atom. The number of hydrogen-bond acceptors (Lipinski definition) is 4. The second kappa shape index (κ2) is 7.42. The van der Waals surface area contributed by atoms with Crippen LogP contribution in [0, 0.1) is 29.3 Å². The summed E-state index contributed by atoms with van der Waals surface area (Å²) in [4.78, 5) is 25.7. The van der Waals surface area contributed by atoms with Gasteiger partial charge in [-0.3, -0.25) is 4.79 Å². The molecule has 1 spiro atoms. The summed E-state index contributed by atoms with van der Waals surface area (Å²) >= 11 is 0. The van der Waals surface area contributed by atoms with Gasteiger partial charge in [-0.15, -0.1) is 0 Å². The van der Waals surface area contributed by atoms with E-state index >= 15 is 0 Å². The van der Waals surface area contributed by atoms with Crippen molar-refractivity contribution in [2.75, 3.05) is 19.7 Å². The zero-order valence-electron chi connectivity index (χ0n) is 16.1. The molecule has 0 aromatic heterocycles. The van der Waals surface area contributed by atoms with Gasteiger partial charge in [0.1, 0.15) is 6.61 Å². The Hall–Kier alpha value is -2.45. The van der Waals surface area contributed by atoms with Crippen molar-refractivity contribution in [1.82, 2.24) is 10.2 Å². The Kier molecular flexibility index (Phi) is 5.08.